The summed E-state index contributed by atoms with van der Waals surface area (Å²) in [7, 11) is 0. The number of nitrogens with one attached hydrogen (secondary N) is 2. The van der Waals surface area contributed by atoms with Crippen LogP contribution in [0, 0.1) is 5.92 Å². The molecule has 100 valence electrons. The SMILES string of the molecule is CC(CNC(=O)C1CCCCN1)Cn1cccn1. The smallest absolute Gasteiger partial charge is 0.237 e. The first-order chi connectivity index (χ1) is 8.75. The first-order valence-corrected chi connectivity index (χ1v) is 6.74. The lowest BCUT2D eigenvalue weighted by atomic mass is 10.0. The van der Waals surface area contributed by atoms with Gasteiger partial charge in [-0.2, -0.15) is 5.10 Å². The molecule has 18 heavy (non-hydrogen) atoms. The first-order valence-electron chi connectivity index (χ1n) is 6.74. The van der Waals surface area contributed by atoms with Crippen LogP contribution in [0.4, 0.5) is 0 Å². The third-order valence-electron chi connectivity index (χ3n) is 3.31. The number of hydrogen-bond donors (Lipinski definition) is 2. The van der Waals surface area contributed by atoms with Gasteiger partial charge < -0.3 is 10.6 Å². The van der Waals surface area contributed by atoms with E-state index in [-0.39, 0.29) is 11.9 Å². The van der Waals surface area contributed by atoms with Gasteiger partial charge in [0.1, 0.15) is 0 Å². The molecule has 1 amide bonds. The topological polar surface area (TPSA) is 59.0 Å². The Labute approximate surface area is 108 Å². The second kappa shape index (κ2) is 6.54. The molecule has 0 spiro atoms. The van der Waals surface area contributed by atoms with Crippen LogP contribution in [0.3, 0.4) is 0 Å². The highest BCUT2D eigenvalue weighted by Crippen LogP contribution is 2.07. The average Bonchev–Trinajstić information content (AvgIpc) is 2.90. The lowest BCUT2D eigenvalue weighted by Crippen LogP contribution is -2.47. The Hall–Kier alpha value is -1.36. The van der Waals surface area contributed by atoms with Gasteiger partial charge in [-0.1, -0.05) is 13.3 Å². The number of nitrogens with zero attached hydrogens (tertiary/aromatic N) is 2. The number of aromatic nitrogens is 2. The van der Waals surface area contributed by atoms with E-state index in [1.54, 1.807) is 6.20 Å². The molecule has 5 heteroatoms. The van der Waals surface area contributed by atoms with Crippen LogP contribution in [0.5, 0.6) is 0 Å². The molecule has 2 heterocycles. The van der Waals surface area contributed by atoms with Crippen molar-refractivity contribution < 1.29 is 4.79 Å². The fourth-order valence-corrected chi connectivity index (χ4v) is 2.27. The molecule has 1 aliphatic rings. The van der Waals surface area contributed by atoms with Crippen molar-refractivity contribution in [2.24, 2.45) is 5.92 Å². The summed E-state index contributed by atoms with van der Waals surface area (Å²) in [6.45, 7) is 4.62. The van der Waals surface area contributed by atoms with E-state index in [9.17, 15) is 4.79 Å². The molecule has 1 fully saturated rings. The number of carbonyl (C=O) groups is 1. The highest BCUT2D eigenvalue weighted by atomic mass is 16.2. The first kappa shape index (κ1) is 13.1. The van der Waals surface area contributed by atoms with Crippen LogP contribution in [-0.2, 0) is 11.3 Å². The van der Waals surface area contributed by atoms with Crippen LogP contribution in [0.15, 0.2) is 18.5 Å². The summed E-state index contributed by atoms with van der Waals surface area (Å²) >= 11 is 0. The molecular weight excluding hydrogens is 228 g/mol. The van der Waals surface area contributed by atoms with E-state index in [0.717, 1.165) is 25.9 Å². The molecule has 2 unspecified atom stereocenters. The molecule has 1 aromatic heterocycles. The van der Waals surface area contributed by atoms with Gasteiger partial charge >= 0.3 is 0 Å². The van der Waals surface area contributed by atoms with Gasteiger partial charge in [0.25, 0.3) is 0 Å². The van der Waals surface area contributed by atoms with Crippen molar-refractivity contribution in [3.63, 3.8) is 0 Å². The fraction of sp³-hybridized carbons (Fsp3) is 0.692. The molecule has 1 saturated heterocycles. The Kier molecular flexibility index (Phi) is 4.75. The molecule has 0 saturated carbocycles. The van der Waals surface area contributed by atoms with Crippen LogP contribution < -0.4 is 10.6 Å². The maximum absolute atomic E-state index is 11.9. The molecule has 2 rings (SSSR count). The van der Waals surface area contributed by atoms with Crippen LogP contribution in [-0.4, -0.2) is 34.8 Å². The summed E-state index contributed by atoms with van der Waals surface area (Å²) in [5.41, 5.74) is 0. The summed E-state index contributed by atoms with van der Waals surface area (Å²) in [5, 5.41) is 10.4. The highest BCUT2D eigenvalue weighted by molar-refractivity contribution is 5.81. The zero-order chi connectivity index (χ0) is 12.8. The molecule has 2 N–H and O–H groups in total. The summed E-state index contributed by atoms with van der Waals surface area (Å²) in [5.74, 6) is 0.527. The summed E-state index contributed by atoms with van der Waals surface area (Å²) in [4.78, 5) is 11.9. The van der Waals surface area contributed by atoms with E-state index >= 15 is 0 Å². The Bertz CT molecular complexity index is 357. The second-order valence-electron chi connectivity index (χ2n) is 5.08. The monoisotopic (exact) mass is 250 g/mol. The Balaban J connectivity index is 1.68. The summed E-state index contributed by atoms with van der Waals surface area (Å²) in [6, 6.07) is 1.92. The molecular formula is C13H22N4O. The van der Waals surface area contributed by atoms with Gasteiger partial charge in [-0.3, -0.25) is 9.48 Å². The van der Waals surface area contributed by atoms with E-state index in [4.69, 9.17) is 0 Å². The lowest BCUT2D eigenvalue weighted by molar-refractivity contribution is -0.123. The molecule has 0 aliphatic carbocycles. The van der Waals surface area contributed by atoms with Gasteiger partial charge in [0.05, 0.1) is 6.04 Å². The van der Waals surface area contributed by atoms with E-state index in [1.165, 1.54) is 6.42 Å². The van der Waals surface area contributed by atoms with Gasteiger partial charge in [0.2, 0.25) is 5.91 Å². The van der Waals surface area contributed by atoms with Crippen LogP contribution in [0.2, 0.25) is 0 Å². The number of piperidine rings is 1. The predicted molar refractivity (Wildman–Crippen MR) is 70.0 cm³/mol. The van der Waals surface area contributed by atoms with Crippen LogP contribution >= 0.6 is 0 Å². The number of hydrogen-bond acceptors (Lipinski definition) is 3. The minimum absolute atomic E-state index is 0.00986. The van der Waals surface area contributed by atoms with Gasteiger partial charge in [-0.05, 0) is 31.4 Å². The minimum atomic E-state index is 0.00986. The molecule has 0 bridgehead atoms. The summed E-state index contributed by atoms with van der Waals surface area (Å²) < 4.78 is 1.90. The lowest BCUT2D eigenvalue weighted by Gasteiger charge is -2.23. The molecule has 1 aliphatic heterocycles. The molecule has 0 radical (unpaired) electrons. The van der Waals surface area contributed by atoms with E-state index < -0.39 is 0 Å². The van der Waals surface area contributed by atoms with Gasteiger partial charge in [-0.25, -0.2) is 0 Å². The zero-order valence-electron chi connectivity index (χ0n) is 10.9. The Morgan fingerprint density at radius 3 is 3.17 bits per heavy atom. The third-order valence-corrected chi connectivity index (χ3v) is 3.31. The summed E-state index contributed by atoms with van der Waals surface area (Å²) in [6.07, 6.45) is 7.01. The van der Waals surface area contributed by atoms with Gasteiger partial charge in [0.15, 0.2) is 0 Å². The number of rotatable bonds is 5. The Morgan fingerprint density at radius 1 is 1.61 bits per heavy atom. The van der Waals surface area contributed by atoms with Crippen molar-refractivity contribution in [1.29, 1.82) is 0 Å². The fourth-order valence-electron chi connectivity index (χ4n) is 2.27. The van der Waals surface area contributed by atoms with E-state index in [0.29, 0.717) is 12.5 Å². The Morgan fingerprint density at radius 2 is 2.50 bits per heavy atom. The molecule has 5 nitrogen and oxygen atoms in total. The third kappa shape index (κ3) is 3.84. The highest BCUT2D eigenvalue weighted by Gasteiger charge is 2.20. The quantitative estimate of drug-likeness (QED) is 0.812. The van der Waals surface area contributed by atoms with Gasteiger partial charge in [0, 0.05) is 25.5 Å². The van der Waals surface area contributed by atoms with Crippen LogP contribution in [0.25, 0.3) is 0 Å². The standard InChI is InChI=1S/C13H22N4O/c1-11(10-17-8-4-7-16-17)9-15-13(18)12-5-2-3-6-14-12/h4,7-8,11-12,14H,2-3,5-6,9-10H2,1H3,(H,15,18). The van der Waals surface area contributed by atoms with Crippen molar-refractivity contribution in [3.8, 4) is 0 Å². The molecule has 1 aromatic rings. The normalized spacial score (nSPS) is 21.5. The number of amides is 1. The maximum Gasteiger partial charge on any atom is 0.237 e. The van der Waals surface area contributed by atoms with Crippen LogP contribution in [0.1, 0.15) is 26.2 Å². The van der Waals surface area contributed by atoms with Crippen molar-refractivity contribution in [1.82, 2.24) is 20.4 Å². The minimum Gasteiger partial charge on any atom is -0.354 e. The maximum atomic E-state index is 11.9. The van der Waals surface area contributed by atoms with Crippen molar-refractivity contribution >= 4 is 5.91 Å². The number of carbonyl (C=O) groups excluding carboxylic acids is 1. The second-order valence-corrected chi connectivity index (χ2v) is 5.08. The van der Waals surface area contributed by atoms with Crippen molar-refractivity contribution in [3.05, 3.63) is 18.5 Å². The van der Waals surface area contributed by atoms with Crippen molar-refractivity contribution in [2.45, 2.75) is 38.8 Å². The molecule has 0 aromatic carbocycles. The predicted octanol–water partition coefficient (Wildman–Crippen LogP) is 0.777. The average molecular weight is 250 g/mol. The van der Waals surface area contributed by atoms with Crippen molar-refractivity contribution in [2.75, 3.05) is 13.1 Å². The van der Waals surface area contributed by atoms with E-state index in [1.807, 2.05) is 16.9 Å². The van der Waals surface area contributed by atoms with Gasteiger partial charge in [-0.15, -0.1) is 0 Å². The zero-order valence-corrected chi connectivity index (χ0v) is 10.9. The molecule has 2 atom stereocenters. The van der Waals surface area contributed by atoms with E-state index in [2.05, 4.69) is 22.7 Å². The largest absolute Gasteiger partial charge is 0.354 e.